The Morgan fingerprint density at radius 3 is 1.94 bits per heavy atom. The Hall–Kier alpha value is -1.88. The molecule has 1 aliphatic rings. The number of aliphatic hydroxyl groups excluding tert-OH is 1. The molecular weight excluding hydrogens is 465 g/mol. The van der Waals surface area contributed by atoms with Gasteiger partial charge in [-0.3, -0.25) is 19.7 Å². The molecule has 0 radical (unpaired) electrons. The van der Waals surface area contributed by atoms with E-state index < -0.39 is 47.6 Å². The van der Waals surface area contributed by atoms with Crippen LogP contribution in [0.25, 0.3) is 0 Å². The van der Waals surface area contributed by atoms with E-state index in [2.05, 4.69) is 16.0 Å². The van der Waals surface area contributed by atoms with Crippen molar-refractivity contribution < 1.29 is 32.7 Å². The number of carbonyl (C=O) groups is 3. The van der Waals surface area contributed by atoms with Crippen LogP contribution in [-0.4, -0.2) is 58.9 Å². The maximum Gasteiger partial charge on any atom is 0.471 e. The van der Waals surface area contributed by atoms with E-state index in [0.29, 0.717) is 6.42 Å². The second-order valence-corrected chi connectivity index (χ2v) is 12.7. The van der Waals surface area contributed by atoms with Crippen molar-refractivity contribution in [3.8, 4) is 0 Å². The van der Waals surface area contributed by atoms with Crippen LogP contribution in [0.3, 0.4) is 0 Å². The van der Waals surface area contributed by atoms with Gasteiger partial charge in [0.25, 0.3) is 0 Å². The largest absolute Gasteiger partial charge is 0.471 e. The number of hydrogen-bond donors (Lipinski definition) is 5. The molecule has 1 rings (SSSR count). The fraction of sp³-hybridized carbons (Fsp3) is 0.875. The zero-order chi connectivity index (χ0) is 27.6. The summed E-state index contributed by atoms with van der Waals surface area (Å²) in [6.07, 6.45) is -4.38. The number of nitrogens with one attached hydrogen (secondary N) is 4. The van der Waals surface area contributed by atoms with Crippen molar-refractivity contribution in [3.63, 3.8) is 0 Å². The zero-order valence-corrected chi connectivity index (χ0v) is 22.3. The van der Waals surface area contributed by atoms with Crippen molar-refractivity contribution in [3.05, 3.63) is 0 Å². The van der Waals surface area contributed by atoms with Gasteiger partial charge >= 0.3 is 12.1 Å². The first-order chi connectivity index (χ1) is 15.5. The van der Waals surface area contributed by atoms with E-state index in [9.17, 15) is 32.7 Å². The maximum absolute atomic E-state index is 13.1. The van der Waals surface area contributed by atoms with Crippen LogP contribution in [0.4, 0.5) is 13.2 Å². The molecule has 0 bridgehead atoms. The molecule has 0 aromatic rings. The summed E-state index contributed by atoms with van der Waals surface area (Å²) in [7, 11) is 0. The lowest BCUT2D eigenvalue weighted by Crippen LogP contribution is -2.60. The lowest BCUT2D eigenvalue weighted by atomic mass is 9.84. The average molecular weight is 509 g/mol. The van der Waals surface area contributed by atoms with Gasteiger partial charge in [-0.05, 0) is 50.9 Å². The quantitative estimate of drug-likeness (QED) is 0.345. The van der Waals surface area contributed by atoms with Crippen LogP contribution in [-0.2, 0) is 14.4 Å². The van der Waals surface area contributed by atoms with Crippen LogP contribution in [0.15, 0.2) is 0 Å². The minimum atomic E-state index is -5.14. The van der Waals surface area contributed by atoms with Gasteiger partial charge in [0, 0.05) is 17.5 Å². The van der Waals surface area contributed by atoms with Gasteiger partial charge in [-0.15, -0.1) is 0 Å². The van der Waals surface area contributed by atoms with E-state index >= 15 is 0 Å². The third-order valence-corrected chi connectivity index (χ3v) is 5.91. The number of alkyl halides is 3. The van der Waals surface area contributed by atoms with Crippen molar-refractivity contribution >= 4 is 17.7 Å². The highest BCUT2D eigenvalue weighted by molar-refractivity contribution is 5.93. The van der Waals surface area contributed by atoms with Gasteiger partial charge in [-0.2, -0.15) is 13.2 Å². The zero-order valence-electron chi connectivity index (χ0n) is 22.3. The van der Waals surface area contributed by atoms with Crippen molar-refractivity contribution in [2.75, 3.05) is 0 Å². The van der Waals surface area contributed by atoms with Crippen molar-refractivity contribution in [1.82, 2.24) is 21.3 Å². The molecule has 11 heteroatoms. The third-order valence-electron chi connectivity index (χ3n) is 5.91. The number of aliphatic hydroxyl groups is 1. The van der Waals surface area contributed by atoms with Gasteiger partial charge < -0.3 is 21.1 Å². The Morgan fingerprint density at radius 2 is 1.54 bits per heavy atom. The standard InChI is InChI=1S/C24H43F3N4O4/c1-13(10-14-11-23(8,9)31-17(14)32)28-18(33)15(12-21(2,3)4)29-19(34)16(22(5,6)7)30-20(35)24(25,26)27/h13-17,31-32H,10-12H2,1-9H3,(H,28,33)(H,29,34)(H,30,35)/t13-,14-,15+,16-,17?/m1/s1. The topological polar surface area (TPSA) is 120 Å². The molecule has 0 aliphatic carbocycles. The normalized spacial score (nSPS) is 23.2. The summed E-state index contributed by atoms with van der Waals surface area (Å²) in [5.74, 6) is -3.64. The predicted octanol–water partition coefficient (Wildman–Crippen LogP) is 2.60. The second kappa shape index (κ2) is 11.0. The molecule has 1 fully saturated rings. The van der Waals surface area contributed by atoms with Gasteiger partial charge in [-0.1, -0.05) is 41.5 Å². The fourth-order valence-corrected chi connectivity index (χ4v) is 4.38. The second-order valence-electron chi connectivity index (χ2n) is 12.7. The fourth-order valence-electron chi connectivity index (χ4n) is 4.38. The highest BCUT2D eigenvalue weighted by Gasteiger charge is 2.44. The Kier molecular flexibility index (Phi) is 9.81. The number of rotatable bonds is 8. The molecule has 35 heavy (non-hydrogen) atoms. The summed E-state index contributed by atoms with van der Waals surface area (Å²) in [5, 5.41) is 20.6. The molecule has 5 atom stereocenters. The average Bonchev–Trinajstić information content (AvgIpc) is 2.86. The number of halogens is 3. The van der Waals surface area contributed by atoms with Crippen LogP contribution in [0.1, 0.15) is 81.6 Å². The van der Waals surface area contributed by atoms with Crippen LogP contribution in [0.2, 0.25) is 0 Å². The first-order valence-electron chi connectivity index (χ1n) is 12.0. The van der Waals surface area contributed by atoms with E-state index in [-0.39, 0.29) is 29.3 Å². The highest BCUT2D eigenvalue weighted by atomic mass is 19.4. The van der Waals surface area contributed by atoms with Crippen LogP contribution in [0, 0.1) is 16.7 Å². The van der Waals surface area contributed by atoms with E-state index in [1.54, 1.807) is 12.2 Å². The third kappa shape index (κ3) is 10.3. The Morgan fingerprint density at radius 1 is 1.00 bits per heavy atom. The highest BCUT2D eigenvalue weighted by Crippen LogP contribution is 2.30. The van der Waals surface area contributed by atoms with Crippen LogP contribution < -0.4 is 21.3 Å². The smallest absolute Gasteiger partial charge is 0.378 e. The Labute approximate surface area is 206 Å². The predicted molar refractivity (Wildman–Crippen MR) is 127 cm³/mol. The van der Waals surface area contributed by atoms with E-state index in [4.69, 9.17) is 0 Å². The molecule has 0 saturated carbocycles. The molecule has 1 heterocycles. The molecule has 5 N–H and O–H groups in total. The monoisotopic (exact) mass is 508 g/mol. The molecule has 1 saturated heterocycles. The first kappa shape index (κ1) is 31.2. The van der Waals surface area contributed by atoms with Crippen molar-refractivity contribution in [2.24, 2.45) is 16.7 Å². The van der Waals surface area contributed by atoms with Gasteiger partial charge in [0.1, 0.15) is 18.3 Å². The van der Waals surface area contributed by atoms with E-state index in [1.165, 1.54) is 20.8 Å². The molecule has 1 aliphatic heterocycles. The summed E-state index contributed by atoms with van der Waals surface area (Å²) in [5.41, 5.74) is -1.65. The van der Waals surface area contributed by atoms with Crippen LogP contribution in [0.5, 0.6) is 0 Å². The Bertz CT molecular complexity index is 772. The van der Waals surface area contributed by atoms with Gasteiger partial charge in [-0.25, -0.2) is 0 Å². The maximum atomic E-state index is 13.1. The SMILES string of the molecule is C[C@H](C[C@@H]1CC(C)(C)NC1O)NC(=O)[C@H](CC(C)(C)C)NC(=O)[C@@H](NC(=O)C(F)(F)F)C(C)(C)C. The van der Waals surface area contributed by atoms with Gasteiger partial charge in [0.15, 0.2) is 0 Å². The van der Waals surface area contributed by atoms with E-state index in [1.807, 2.05) is 34.6 Å². The Balaban J connectivity index is 2.98. The molecule has 0 aromatic carbocycles. The van der Waals surface area contributed by atoms with Crippen LogP contribution >= 0.6 is 0 Å². The van der Waals surface area contributed by atoms with E-state index in [0.717, 1.165) is 6.42 Å². The minimum absolute atomic E-state index is 0.0705. The molecule has 1 unspecified atom stereocenters. The minimum Gasteiger partial charge on any atom is -0.378 e. The molecular formula is C24H43F3N4O4. The molecule has 3 amide bonds. The van der Waals surface area contributed by atoms with Gasteiger partial charge in [0.05, 0.1) is 0 Å². The molecule has 204 valence electrons. The molecule has 0 spiro atoms. The number of hydrogen-bond acceptors (Lipinski definition) is 5. The summed E-state index contributed by atoms with van der Waals surface area (Å²) >= 11 is 0. The first-order valence-corrected chi connectivity index (χ1v) is 12.0. The van der Waals surface area contributed by atoms with Crippen molar-refractivity contribution in [1.29, 1.82) is 0 Å². The lowest BCUT2D eigenvalue weighted by Gasteiger charge is -2.33. The number of carbonyl (C=O) groups excluding carboxylic acids is 3. The molecule has 0 aromatic heterocycles. The summed E-state index contributed by atoms with van der Waals surface area (Å²) in [4.78, 5) is 37.7. The van der Waals surface area contributed by atoms with Gasteiger partial charge in [0.2, 0.25) is 11.8 Å². The summed E-state index contributed by atoms with van der Waals surface area (Å²) in [6.45, 7) is 16.0. The van der Waals surface area contributed by atoms with Crippen molar-refractivity contribution in [2.45, 2.75) is 118 Å². The lowest BCUT2D eigenvalue weighted by molar-refractivity contribution is -0.175. The summed E-state index contributed by atoms with van der Waals surface area (Å²) < 4.78 is 38.5. The number of amides is 3. The summed E-state index contributed by atoms with van der Waals surface area (Å²) in [6, 6.07) is -2.85. The molecule has 8 nitrogen and oxygen atoms in total.